The number of benzene rings is 2. The minimum atomic E-state index is -5.08. The van der Waals surface area contributed by atoms with Gasteiger partial charge in [-0.15, -0.1) is 13.2 Å². The topological polar surface area (TPSA) is 144 Å². The molecule has 194 valence electrons. The van der Waals surface area contributed by atoms with Crippen LogP contribution in [0.3, 0.4) is 0 Å². The highest BCUT2D eigenvalue weighted by molar-refractivity contribution is 5.87. The van der Waals surface area contributed by atoms with E-state index in [0.717, 1.165) is 24.3 Å². The van der Waals surface area contributed by atoms with Gasteiger partial charge in [-0.25, -0.2) is 19.1 Å². The Kier molecular flexibility index (Phi) is 8.64. The maximum absolute atomic E-state index is 14.0. The van der Waals surface area contributed by atoms with Crippen molar-refractivity contribution in [3.05, 3.63) is 59.5 Å². The summed E-state index contributed by atoms with van der Waals surface area (Å²) >= 11 is 0. The van der Waals surface area contributed by atoms with Gasteiger partial charge in [-0.1, -0.05) is 22.4 Å². The molecule has 1 aromatic heterocycles. The summed E-state index contributed by atoms with van der Waals surface area (Å²) in [5, 5.41) is 25.0. The molecular formula is C19H12F7N3O7. The van der Waals surface area contributed by atoms with Gasteiger partial charge in [0.05, 0.1) is 0 Å². The smallest absolute Gasteiger partial charge is 0.486 e. The van der Waals surface area contributed by atoms with Crippen molar-refractivity contribution in [2.75, 3.05) is 0 Å². The van der Waals surface area contributed by atoms with E-state index >= 15 is 0 Å². The third-order valence-corrected chi connectivity index (χ3v) is 3.64. The van der Waals surface area contributed by atoms with Gasteiger partial charge in [0.2, 0.25) is 5.69 Å². The molecule has 17 heteroatoms. The Morgan fingerprint density at radius 1 is 0.944 bits per heavy atom. The minimum absolute atomic E-state index is 0.0340. The maximum atomic E-state index is 14.0. The van der Waals surface area contributed by atoms with Gasteiger partial charge >= 0.3 is 24.5 Å². The first-order valence-electron chi connectivity index (χ1n) is 9.05. The molecule has 0 unspecified atom stereocenters. The fraction of sp³-hybridized carbons (Fsp3) is 0.158. The van der Waals surface area contributed by atoms with Crippen molar-refractivity contribution in [3.63, 3.8) is 0 Å². The predicted octanol–water partition coefficient (Wildman–Crippen LogP) is 4.55. The van der Waals surface area contributed by atoms with E-state index in [1.807, 2.05) is 0 Å². The summed E-state index contributed by atoms with van der Waals surface area (Å²) < 4.78 is 96.5. The van der Waals surface area contributed by atoms with E-state index in [1.54, 1.807) is 0 Å². The van der Waals surface area contributed by atoms with Gasteiger partial charge in [0.25, 0.3) is 5.88 Å². The van der Waals surface area contributed by atoms with Gasteiger partial charge in [-0.2, -0.15) is 13.2 Å². The zero-order chi connectivity index (χ0) is 27.1. The van der Waals surface area contributed by atoms with Crippen molar-refractivity contribution in [2.45, 2.75) is 19.1 Å². The molecular weight excluding hydrogens is 515 g/mol. The summed E-state index contributed by atoms with van der Waals surface area (Å²) in [4.78, 5) is 19.9. The molecule has 0 radical (unpaired) electrons. The molecule has 0 aliphatic heterocycles. The molecule has 3 N–H and O–H groups in total. The van der Waals surface area contributed by atoms with Crippen LogP contribution in [-0.2, 0) is 11.4 Å². The largest absolute Gasteiger partial charge is 0.573 e. The highest BCUT2D eigenvalue weighted by Crippen LogP contribution is 2.29. The molecule has 0 spiro atoms. The number of nitrogens with zero attached hydrogens (tertiary/aromatic N) is 2. The number of halogens is 7. The van der Waals surface area contributed by atoms with Crippen LogP contribution >= 0.6 is 0 Å². The number of aromatic amines is 1. The van der Waals surface area contributed by atoms with Gasteiger partial charge < -0.3 is 24.4 Å². The molecule has 0 aliphatic carbocycles. The first-order chi connectivity index (χ1) is 16.7. The van der Waals surface area contributed by atoms with Crippen LogP contribution in [0, 0.1) is 5.82 Å². The average Bonchev–Trinajstić information content (AvgIpc) is 3.22. The Morgan fingerprint density at radius 3 is 2.06 bits per heavy atom. The number of aliphatic carboxylic acids is 1. The number of carboxylic acids is 2. The first-order valence-corrected chi connectivity index (χ1v) is 9.05. The lowest BCUT2D eigenvalue weighted by atomic mass is 10.2. The number of H-pyrrole nitrogens is 1. The lowest BCUT2D eigenvalue weighted by Crippen LogP contribution is -2.21. The summed E-state index contributed by atoms with van der Waals surface area (Å²) in [6, 6.07) is 8.27. The molecule has 2 aromatic carbocycles. The number of aromatic carboxylic acids is 1. The molecule has 3 rings (SSSR count). The Bertz CT molecular complexity index is 1200. The van der Waals surface area contributed by atoms with E-state index in [9.17, 15) is 35.5 Å². The summed E-state index contributed by atoms with van der Waals surface area (Å²) in [7, 11) is 0. The van der Waals surface area contributed by atoms with Crippen molar-refractivity contribution in [3.8, 4) is 23.1 Å². The van der Waals surface area contributed by atoms with E-state index in [0.29, 0.717) is 5.56 Å². The Hall–Kier alpha value is -4.57. The number of carbonyl (C=O) groups is 2. The van der Waals surface area contributed by atoms with Crippen molar-refractivity contribution in [1.29, 1.82) is 0 Å². The van der Waals surface area contributed by atoms with Crippen LogP contribution in [0.15, 0.2) is 42.5 Å². The first kappa shape index (κ1) is 27.7. The summed E-state index contributed by atoms with van der Waals surface area (Å²) in [6.45, 7) is -0.156. The van der Waals surface area contributed by atoms with Gasteiger partial charge in [-0.3, -0.25) is 0 Å². The second-order valence-corrected chi connectivity index (χ2v) is 6.27. The second kappa shape index (κ2) is 11.2. The zero-order valence-electron chi connectivity index (χ0n) is 17.2. The number of carboxylic acid groups (broad SMARTS) is 2. The molecule has 0 saturated heterocycles. The van der Waals surface area contributed by atoms with Crippen LogP contribution in [0.5, 0.6) is 23.1 Å². The van der Waals surface area contributed by atoms with Gasteiger partial charge in [-0.05, 0) is 29.8 Å². The van der Waals surface area contributed by atoms with Crippen molar-refractivity contribution in [1.82, 2.24) is 15.4 Å². The normalized spacial score (nSPS) is 11.2. The lowest BCUT2D eigenvalue weighted by Gasteiger charge is -2.11. The Balaban J connectivity index is 0.000000572. The number of alkyl halides is 6. The SMILES string of the molecule is O=C(O)C(F)(F)F.O=C(O)c1[nH]nnc1Oc1ccc(F)c(OCc2ccc(OC(F)(F)F)cc2)c1. The fourth-order valence-electron chi connectivity index (χ4n) is 2.15. The fourth-order valence-corrected chi connectivity index (χ4v) is 2.15. The standard InChI is InChI=1S/C17H11F4N3O5.C2HF3O2/c18-12-6-5-11(28-15-14(16(25)26)22-24-23-15)7-13(12)27-8-9-1-3-10(4-2-9)29-17(19,20)21;3-2(4,5)1(6)7/h1-7H,8H2,(H,25,26)(H,22,23,24);(H,6,7). The molecule has 0 amide bonds. The van der Waals surface area contributed by atoms with Gasteiger partial charge in [0.1, 0.15) is 18.1 Å². The molecule has 10 nitrogen and oxygen atoms in total. The number of hydrogen-bond acceptors (Lipinski definition) is 7. The number of ether oxygens (including phenoxy) is 3. The van der Waals surface area contributed by atoms with Crippen LogP contribution in [0.4, 0.5) is 30.7 Å². The molecule has 0 saturated carbocycles. The van der Waals surface area contributed by atoms with Crippen LogP contribution < -0.4 is 14.2 Å². The molecule has 1 heterocycles. The molecule has 0 bridgehead atoms. The van der Waals surface area contributed by atoms with Crippen LogP contribution in [0.25, 0.3) is 0 Å². The Morgan fingerprint density at radius 2 is 1.53 bits per heavy atom. The van der Waals surface area contributed by atoms with Crippen molar-refractivity contribution >= 4 is 11.9 Å². The maximum Gasteiger partial charge on any atom is 0.573 e. The highest BCUT2D eigenvalue weighted by atomic mass is 19.4. The molecule has 3 aromatic rings. The highest BCUT2D eigenvalue weighted by Gasteiger charge is 2.38. The lowest BCUT2D eigenvalue weighted by molar-refractivity contribution is -0.274. The van der Waals surface area contributed by atoms with Crippen molar-refractivity contribution < 1.29 is 64.7 Å². The van der Waals surface area contributed by atoms with Crippen LogP contribution in [0.1, 0.15) is 16.1 Å². The predicted molar refractivity (Wildman–Crippen MR) is 101 cm³/mol. The molecule has 0 fully saturated rings. The van der Waals surface area contributed by atoms with Gasteiger partial charge in [0.15, 0.2) is 11.6 Å². The van der Waals surface area contributed by atoms with E-state index < -0.39 is 41.7 Å². The number of aromatic nitrogens is 3. The average molecular weight is 527 g/mol. The number of hydrogen-bond donors (Lipinski definition) is 3. The Labute approximate surface area is 194 Å². The quantitative estimate of drug-likeness (QED) is 0.377. The van der Waals surface area contributed by atoms with E-state index in [2.05, 4.69) is 20.1 Å². The monoisotopic (exact) mass is 527 g/mol. The number of nitrogens with one attached hydrogen (secondary N) is 1. The third kappa shape index (κ3) is 8.65. The van der Waals surface area contributed by atoms with E-state index in [1.165, 1.54) is 18.2 Å². The van der Waals surface area contributed by atoms with Crippen LogP contribution in [-0.4, -0.2) is 50.1 Å². The molecule has 0 aliphatic rings. The van der Waals surface area contributed by atoms with E-state index in [4.69, 9.17) is 24.5 Å². The second-order valence-electron chi connectivity index (χ2n) is 6.27. The van der Waals surface area contributed by atoms with Crippen LogP contribution in [0.2, 0.25) is 0 Å². The van der Waals surface area contributed by atoms with Gasteiger partial charge in [0, 0.05) is 6.07 Å². The zero-order valence-corrected chi connectivity index (χ0v) is 17.2. The third-order valence-electron chi connectivity index (χ3n) is 3.64. The minimum Gasteiger partial charge on any atom is -0.486 e. The summed E-state index contributed by atoms with van der Waals surface area (Å²) in [6.07, 6.45) is -9.88. The van der Waals surface area contributed by atoms with Crippen molar-refractivity contribution in [2.24, 2.45) is 0 Å². The van der Waals surface area contributed by atoms with E-state index in [-0.39, 0.29) is 24.0 Å². The molecule has 36 heavy (non-hydrogen) atoms. The molecule has 0 atom stereocenters. The summed E-state index contributed by atoms with van der Waals surface area (Å²) in [5.74, 6) is -5.74. The number of rotatable bonds is 7. The summed E-state index contributed by atoms with van der Waals surface area (Å²) in [5.41, 5.74) is 0.0628.